The number of phenols is 1. The number of hydrogen-bond donors (Lipinski definition) is 4. The minimum Gasteiger partial charge on any atom is -0.508 e. The molecule has 1 aromatic rings. The van der Waals surface area contributed by atoms with Gasteiger partial charge in [0.25, 0.3) is 0 Å². The number of phenolic OH excluding ortho intramolecular Hbond substituents is 1. The standard InChI is InChI=1S/C10H17N3O/c11-5-1-2-9(12)8-4-3-7(14)6-10(8)13/h3-4,6,9,14H,1-2,5,11-13H2. The van der Waals surface area contributed by atoms with Crippen molar-refractivity contribution in [3.63, 3.8) is 0 Å². The van der Waals surface area contributed by atoms with Gasteiger partial charge in [-0.25, -0.2) is 0 Å². The Hall–Kier alpha value is -1.26. The van der Waals surface area contributed by atoms with E-state index < -0.39 is 0 Å². The Morgan fingerprint density at radius 2 is 2.07 bits per heavy atom. The lowest BCUT2D eigenvalue weighted by Gasteiger charge is -2.13. The summed E-state index contributed by atoms with van der Waals surface area (Å²) in [5.41, 5.74) is 18.4. The molecule has 0 radical (unpaired) electrons. The Labute approximate surface area is 83.7 Å². The largest absolute Gasteiger partial charge is 0.508 e. The molecule has 0 amide bonds. The summed E-state index contributed by atoms with van der Waals surface area (Å²) in [5, 5.41) is 9.15. The smallest absolute Gasteiger partial charge is 0.117 e. The van der Waals surface area contributed by atoms with Crippen LogP contribution in [0.15, 0.2) is 18.2 Å². The number of aromatic hydroxyl groups is 1. The van der Waals surface area contributed by atoms with Crippen molar-refractivity contribution in [1.82, 2.24) is 0 Å². The van der Waals surface area contributed by atoms with E-state index in [4.69, 9.17) is 22.3 Å². The van der Waals surface area contributed by atoms with Gasteiger partial charge in [-0.2, -0.15) is 0 Å². The molecule has 0 bridgehead atoms. The van der Waals surface area contributed by atoms with E-state index in [9.17, 15) is 0 Å². The van der Waals surface area contributed by atoms with Crippen molar-refractivity contribution in [3.8, 4) is 5.75 Å². The minimum atomic E-state index is -0.0980. The molecular formula is C10H17N3O. The molecular weight excluding hydrogens is 178 g/mol. The maximum absolute atomic E-state index is 9.15. The van der Waals surface area contributed by atoms with Crippen molar-refractivity contribution in [2.24, 2.45) is 11.5 Å². The van der Waals surface area contributed by atoms with Crippen molar-refractivity contribution in [1.29, 1.82) is 0 Å². The number of hydrogen-bond acceptors (Lipinski definition) is 4. The summed E-state index contributed by atoms with van der Waals surface area (Å²) in [7, 11) is 0. The van der Waals surface area contributed by atoms with Crippen LogP contribution in [0.2, 0.25) is 0 Å². The summed E-state index contributed by atoms with van der Waals surface area (Å²) in [6.45, 7) is 0.631. The van der Waals surface area contributed by atoms with Crippen molar-refractivity contribution in [3.05, 3.63) is 23.8 Å². The molecule has 0 aromatic heterocycles. The zero-order chi connectivity index (χ0) is 10.6. The van der Waals surface area contributed by atoms with Gasteiger partial charge in [-0.3, -0.25) is 0 Å². The van der Waals surface area contributed by atoms with Gasteiger partial charge in [-0.1, -0.05) is 6.07 Å². The fourth-order valence-corrected chi connectivity index (χ4v) is 1.39. The highest BCUT2D eigenvalue weighted by Crippen LogP contribution is 2.25. The van der Waals surface area contributed by atoms with Crippen molar-refractivity contribution in [2.45, 2.75) is 18.9 Å². The van der Waals surface area contributed by atoms with Gasteiger partial charge in [0.2, 0.25) is 0 Å². The van der Waals surface area contributed by atoms with Gasteiger partial charge in [0, 0.05) is 17.8 Å². The summed E-state index contributed by atoms with van der Waals surface area (Å²) in [6.07, 6.45) is 1.69. The molecule has 0 aliphatic heterocycles. The second kappa shape index (κ2) is 4.83. The van der Waals surface area contributed by atoms with E-state index in [0.29, 0.717) is 12.2 Å². The van der Waals surface area contributed by atoms with Crippen LogP contribution in [0, 0.1) is 0 Å². The molecule has 0 aliphatic rings. The molecule has 4 nitrogen and oxygen atoms in total. The number of rotatable bonds is 4. The van der Waals surface area contributed by atoms with Crippen LogP contribution in [0.4, 0.5) is 5.69 Å². The van der Waals surface area contributed by atoms with Crippen LogP contribution in [-0.4, -0.2) is 11.7 Å². The van der Waals surface area contributed by atoms with Gasteiger partial charge in [0.15, 0.2) is 0 Å². The summed E-state index contributed by atoms with van der Waals surface area (Å²) >= 11 is 0. The highest BCUT2D eigenvalue weighted by Gasteiger charge is 2.09. The summed E-state index contributed by atoms with van der Waals surface area (Å²) in [6, 6.07) is 4.76. The van der Waals surface area contributed by atoms with E-state index >= 15 is 0 Å². The molecule has 0 saturated heterocycles. The number of nitrogens with two attached hydrogens (primary N) is 3. The monoisotopic (exact) mass is 195 g/mol. The van der Waals surface area contributed by atoms with E-state index in [-0.39, 0.29) is 11.8 Å². The summed E-state index contributed by atoms with van der Waals surface area (Å²) in [4.78, 5) is 0. The van der Waals surface area contributed by atoms with Crippen LogP contribution in [0.3, 0.4) is 0 Å². The van der Waals surface area contributed by atoms with E-state index in [0.717, 1.165) is 18.4 Å². The van der Waals surface area contributed by atoms with E-state index in [1.54, 1.807) is 12.1 Å². The van der Waals surface area contributed by atoms with Gasteiger partial charge < -0.3 is 22.3 Å². The highest BCUT2D eigenvalue weighted by atomic mass is 16.3. The Kier molecular flexibility index (Phi) is 3.73. The van der Waals surface area contributed by atoms with Crippen molar-refractivity contribution >= 4 is 5.69 Å². The molecule has 0 heterocycles. The normalized spacial score (nSPS) is 12.7. The first-order valence-corrected chi connectivity index (χ1v) is 4.69. The van der Waals surface area contributed by atoms with Crippen LogP contribution >= 0.6 is 0 Å². The third-order valence-electron chi connectivity index (χ3n) is 2.19. The van der Waals surface area contributed by atoms with Gasteiger partial charge in [-0.05, 0) is 31.0 Å². The highest BCUT2D eigenvalue weighted by molar-refractivity contribution is 5.52. The fraction of sp³-hybridized carbons (Fsp3) is 0.400. The minimum absolute atomic E-state index is 0.0980. The van der Waals surface area contributed by atoms with E-state index in [1.807, 2.05) is 0 Å². The zero-order valence-electron chi connectivity index (χ0n) is 8.11. The molecule has 14 heavy (non-hydrogen) atoms. The molecule has 0 fully saturated rings. The topological polar surface area (TPSA) is 98.3 Å². The maximum atomic E-state index is 9.15. The molecule has 7 N–H and O–H groups in total. The first kappa shape index (κ1) is 10.8. The lowest BCUT2D eigenvalue weighted by Crippen LogP contribution is -2.14. The molecule has 4 heteroatoms. The predicted octanol–water partition coefficient (Wildman–Crippen LogP) is 0.713. The maximum Gasteiger partial charge on any atom is 0.117 e. The molecule has 1 atom stereocenters. The average Bonchev–Trinajstić information content (AvgIpc) is 2.14. The van der Waals surface area contributed by atoms with E-state index in [2.05, 4.69) is 0 Å². The lowest BCUT2D eigenvalue weighted by molar-refractivity contribution is 0.475. The third-order valence-corrected chi connectivity index (χ3v) is 2.19. The van der Waals surface area contributed by atoms with Gasteiger partial charge in [-0.15, -0.1) is 0 Å². The Bertz CT molecular complexity index is 301. The van der Waals surface area contributed by atoms with Crippen molar-refractivity contribution < 1.29 is 5.11 Å². The second-order valence-corrected chi connectivity index (χ2v) is 3.35. The first-order valence-electron chi connectivity index (χ1n) is 4.69. The van der Waals surface area contributed by atoms with Crippen LogP contribution in [0.1, 0.15) is 24.4 Å². The van der Waals surface area contributed by atoms with Crippen molar-refractivity contribution in [2.75, 3.05) is 12.3 Å². The Morgan fingerprint density at radius 3 is 2.64 bits per heavy atom. The zero-order valence-corrected chi connectivity index (χ0v) is 8.11. The Morgan fingerprint density at radius 1 is 1.36 bits per heavy atom. The Balaban J connectivity index is 2.74. The lowest BCUT2D eigenvalue weighted by atomic mass is 10.0. The predicted molar refractivity (Wildman–Crippen MR) is 57.7 cm³/mol. The summed E-state index contributed by atoms with van der Waals surface area (Å²) in [5.74, 6) is 0.164. The SMILES string of the molecule is NCCCC(N)c1ccc(O)cc1N. The second-order valence-electron chi connectivity index (χ2n) is 3.35. The van der Waals surface area contributed by atoms with Crippen LogP contribution in [-0.2, 0) is 0 Å². The molecule has 1 unspecified atom stereocenters. The molecule has 1 rings (SSSR count). The molecule has 1 aromatic carbocycles. The molecule has 78 valence electrons. The number of anilines is 1. The summed E-state index contributed by atoms with van der Waals surface area (Å²) < 4.78 is 0. The van der Waals surface area contributed by atoms with Gasteiger partial charge in [0.05, 0.1) is 0 Å². The third kappa shape index (κ3) is 2.61. The van der Waals surface area contributed by atoms with Crippen LogP contribution < -0.4 is 17.2 Å². The number of nitrogen functional groups attached to an aromatic ring is 1. The van der Waals surface area contributed by atoms with Crippen LogP contribution in [0.25, 0.3) is 0 Å². The number of benzene rings is 1. The first-order chi connectivity index (χ1) is 6.65. The molecule has 0 spiro atoms. The van der Waals surface area contributed by atoms with Gasteiger partial charge in [0.1, 0.15) is 5.75 Å². The quantitative estimate of drug-likeness (QED) is 0.532. The molecule has 0 saturated carbocycles. The molecule has 0 aliphatic carbocycles. The fourth-order valence-electron chi connectivity index (χ4n) is 1.39. The van der Waals surface area contributed by atoms with Crippen LogP contribution in [0.5, 0.6) is 5.75 Å². The van der Waals surface area contributed by atoms with E-state index in [1.165, 1.54) is 6.07 Å². The van der Waals surface area contributed by atoms with Gasteiger partial charge >= 0.3 is 0 Å². The average molecular weight is 195 g/mol.